The second-order valence-corrected chi connectivity index (χ2v) is 6.65. The molecule has 0 unspecified atom stereocenters. The lowest BCUT2D eigenvalue weighted by atomic mass is 9.97. The second-order valence-electron chi connectivity index (χ2n) is 6.65. The fourth-order valence-electron chi connectivity index (χ4n) is 2.72. The number of anilines is 1. The van der Waals surface area contributed by atoms with Crippen molar-refractivity contribution < 1.29 is 23.1 Å². The van der Waals surface area contributed by atoms with Crippen LogP contribution in [0.3, 0.4) is 0 Å². The van der Waals surface area contributed by atoms with Gasteiger partial charge in [0.1, 0.15) is 23.5 Å². The first kappa shape index (κ1) is 20.4. The predicted octanol–water partition coefficient (Wildman–Crippen LogP) is 2.98. The Hall–Kier alpha value is -3.37. The van der Waals surface area contributed by atoms with E-state index in [0.29, 0.717) is 11.2 Å². The largest absolute Gasteiger partial charge is 0.493 e. The molecule has 0 radical (unpaired) electrons. The lowest BCUT2D eigenvalue weighted by Crippen LogP contribution is -2.52. The van der Waals surface area contributed by atoms with Crippen molar-refractivity contribution in [2.45, 2.75) is 32.0 Å². The number of alkyl halides is 3. The summed E-state index contributed by atoms with van der Waals surface area (Å²) in [5, 5.41) is 15.4. The van der Waals surface area contributed by atoms with Gasteiger partial charge in [-0.2, -0.15) is 18.2 Å². The zero-order valence-corrected chi connectivity index (χ0v) is 15.6. The lowest BCUT2D eigenvalue weighted by Gasteiger charge is -2.29. The summed E-state index contributed by atoms with van der Waals surface area (Å²) in [6.07, 6.45) is -1.10. The van der Waals surface area contributed by atoms with Crippen molar-refractivity contribution in [3.63, 3.8) is 0 Å². The van der Waals surface area contributed by atoms with E-state index in [1.54, 1.807) is 31.5 Å². The van der Waals surface area contributed by atoms with Crippen LogP contribution in [0.4, 0.5) is 19.0 Å². The first-order valence-electron chi connectivity index (χ1n) is 8.75. The maximum Gasteiger partial charge on any atom is 0.405 e. The average Bonchev–Trinajstić information content (AvgIpc) is 3.09. The van der Waals surface area contributed by atoms with Crippen LogP contribution in [0.2, 0.25) is 0 Å². The third kappa shape index (κ3) is 4.55. The van der Waals surface area contributed by atoms with E-state index in [1.165, 1.54) is 13.0 Å². The number of nitrogens with one attached hydrogen (secondary N) is 3. The highest BCUT2D eigenvalue weighted by atomic mass is 19.4. The number of H-pyrrole nitrogens is 1. The van der Waals surface area contributed by atoms with Crippen molar-refractivity contribution >= 4 is 22.8 Å². The summed E-state index contributed by atoms with van der Waals surface area (Å²) >= 11 is 0. The monoisotopic (exact) mass is 408 g/mol. The van der Waals surface area contributed by atoms with E-state index in [2.05, 4.69) is 25.3 Å². The van der Waals surface area contributed by atoms with Gasteiger partial charge in [0.2, 0.25) is 11.8 Å². The summed E-state index contributed by atoms with van der Waals surface area (Å²) in [7, 11) is 0. The van der Waals surface area contributed by atoms with Crippen LogP contribution < -0.4 is 10.6 Å². The van der Waals surface area contributed by atoms with Gasteiger partial charge in [-0.3, -0.25) is 4.79 Å². The number of aromatic hydroxyl groups is 1. The Kier molecular flexibility index (Phi) is 5.31. The number of carbonyl (C=O) groups is 1. The average molecular weight is 408 g/mol. The Morgan fingerprint density at radius 2 is 2.07 bits per heavy atom. The van der Waals surface area contributed by atoms with E-state index in [4.69, 9.17) is 0 Å². The summed E-state index contributed by atoms with van der Waals surface area (Å²) in [4.78, 5) is 27.8. The molecule has 11 heteroatoms. The van der Waals surface area contributed by atoms with E-state index in [-0.39, 0.29) is 23.9 Å². The Labute approximate surface area is 163 Å². The number of aromatic nitrogens is 4. The van der Waals surface area contributed by atoms with Crippen molar-refractivity contribution in [1.29, 1.82) is 0 Å². The Morgan fingerprint density at radius 3 is 2.76 bits per heavy atom. The molecule has 0 saturated heterocycles. The Morgan fingerprint density at radius 1 is 1.31 bits per heavy atom. The third-order valence-electron chi connectivity index (χ3n) is 4.47. The highest BCUT2D eigenvalue weighted by Gasteiger charge is 2.35. The molecule has 0 spiro atoms. The fourth-order valence-corrected chi connectivity index (χ4v) is 2.72. The first-order chi connectivity index (χ1) is 13.6. The number of nitrogens with zero attached hydrogens (tertiary/aromatic N) is 3. The van der Waals surface area contributed by atoms with Crippen LogP contribution in [0.1, 0.15) is 20.3 Å². The number of hydrogen-bond donors (Lipinski definition) is 4. The maximum atomic E-state index is 12.4. The standard InChI is InChI=1S/C18H19F3N6O2/c1-3-17(2,16(29)24-9-18(19,20)21)27-12-7-13(28)26-15(25-12)11-8-23-14-10(11)5-4-6-22-14/h4-8H,3,9H2,1-2H3,(H,22,23)(H,24,29)(H2,25,26,27,28)/t17-/m1/s1. The van der Waals surface area contributed by atoms with Gasteiger partial charge >= 0.3 is 6.18 Å². The maximum absolute atomic E-state index is 12.4. The van der Waals surface area contributed by atoms with Crippen LogP contribution in [0.25, 0.3) is 22.4 Å². The molecule has 0 bridgehead atoms. The molecule has 0 aliphatic heterocycles. The highest BCUT2D eigenvalue weighted by molar-refractivity contribution is 5.92. The van der Waals surface area contributed by atoms with Crippen molar-refractivity contribution in [3.8, 4) is 17.3 Å². The molecular formula is C18H19F3N6O2. The Balaban J connectivity index is 1.90. The normalized spacial score (nSPS) is 13.8. The van der Waals surface area contributed by atoms with E-state index < -0.39 is 24.2 Å². The van der Waals surface area contributed by atoms with Gasteiger partial charge in [0, 0.05) is 29.4 Å². The van der Waals surface area contributed by atoms with Gasteiger partial charge in [0.05, 0.1) is 0 Å². The van der Waals surface area contributed by atoms with Gasteiger partial charge in [-0.15, -0.1) is 0 Å². The number of fused-ring (bicyclic) bond motifs is 1. The number of pyridine rings is 1. The molecule has 1 amide bonds. The fraction of sp³-hybridized carbons (Fsp3) is 0.333. The van der Waals surface area contributed by atoms with Gasteiger partial charge in [-0.05, 0) is 25.5 Å². The molecule has 1 atom stereocenters. The molecule has 0 aliphatic rings. The van der Waals surface area contributed by atoms with Crippen LogP contribution in [0.15, 0.2) is 30.6 Å². The summed E-state index contributed by atoms with van der Waals surface area (Å²) < 4.78 is 37.3. The predicted molar refractivity (Wildman–Crippen MR) is 100 cm³/mol. The summed E-state index contributed by atoms with van der Waals surface area (Å²) in [5.74, 6) is -0.934. The zero-order chi connectivity index (χ0) is 21.2. The smallest absolute Gasteiger partial charge is 0.405 e. The second kappa shape index (κ2) is 7.57. The molecule has 3 aromatic heterocycles. The van der Waals surface area contributed by atoms with Crippen LogP contribution in [0.5, 0.6) is 5.88 Å². The molecule has 0 fully saturated rings. The molecule has 29 heavy (non-hydrogen) atoms. The van der Waals surface area contributed by atoms with E-state index in [0.717, 1.165) is 5.39 Å². The highest BCUT2D eigenvalue weighted by Crippen LogP contribution is 2.28. The van der Waals surface area contributed by atoms with Crippen molar-refractivity contribution in [1.82, 2.24) is 25.3 Å². The Bertz CT molecular complexity index is 1040. The number of carbonyl (C=O) groups excluding carboxylic acids is 1. The molecular weight excluding hydrogens is 389 g/mol. The van der Waals surface area contributed by atoms with Crippen LogP contribution in [-0.4, -0.2) is 49.2 Å². The topological polar surface area (TPSA) is 116 Å². The molecule has 3 heterocycles. The van der Waals surface area contributed by atoms with Crippen molar-refractivity contribution in [2.75, 3.05) is 11.9 Å². The number of rotatable bonds is 6. The van der Waals surface area contributed by atoms with Crippen LogP contribution in [0, 0.1) is 0 Å². The minimum Gasteiger partial charge on any atom is -0.493 e. The number of halogens is 3. The van der Waals surface area contributed by atoms with Gasteiger partial charge in [0.15, 0.2) is 5.82 Å². The summed E-state index contributed by atoms with van der Waals surface area (Å²) in [6.45, 7) is 1.66. The van der Waals surface area contributed by atoms with Crippen LogP contribution in [-0.2, 0) is 4.79 Å². The van der Waals surface area contributed by atoms with E-state index in [9.17, 15) is 23.1 Å². The minimum absolute atomic E-state index is 0.0947. The van der Waals surface area contributed by atoms with Gasteiger partial charge < -0.3 is 20.7 Å². The minimum atomic E-state index is -4.52. The van der Waals surface area contributed by atoms with E-state index in [1.807, 2.05) is 5.32 Å². The lowest BCUT2D eigenvalue weighted by molar-refractivity contribution is -0.140. The van der Waals surface area contributed by atoms with Gasteiger partial charge in [0.25, 0.3) is 0 Å². The summed E-state index contributed by atoms with van der Waals surface area (Å²) in [5.41, 5.74) is -0.203. The van der Waals surface area contributed by atoms with Crippen molar-refractivity contribution in [3.05, 3.63) is 30.6 Å². The van der Waals surface area contributed by atoms with Gasteiger partial charge in [-0.1, -0.05) is 6.92 Å². The van der Waals surface area contributed by atoms with E-state index >= 15 is 0 Å². The molecule has 4 N–H and O–H groups in total. The summed E-state index contributed by atoms with van der Waals surface area (Å²) in [6, 6.07) is 4.73. The van der Waals surface area contributed by atoms with Gasteiger partial charge in [-0.25, -0.2) is 9.97 Å². The molecule has 0 aliphatic carbocycles. The SMILES string of the molecule is CC[C@@](C)(Nc1cc(O)nc(-c2c[nH]c3ncccc23)n1)C(=O)NCC(F)(F)F. The number of hydrogen-bond acceptors (Lipinski definition) is 6. The zero-order valence-electron chi connectivity index (χ0n) is 15.6. The molecule has 8 nitrogen and oxygen atoms in total. The quantitative estimate of drug-likeness (QED) is 0.498. The van der Waals surface area contributed by atoms with Crippen molar-refractivity contribution in [2.24, 2.45) is 0 Å². The third-order valence-corrected chi connectivity index (χ3v) is 4.47. The molecule has 3 rings (SSSR count). The molecule has 154 valence electrons. The number of amides is 1. The van der Waals surface area contributed by atoms with Crippen LogP contribution >= 0.6 is 0 Å². The molecule has 0 saturated carbocycles. The molecule has 0 aromatic carbocycles. The molecule has 3 aromatic rings. The first-order valence-corrected chi connectivity index (χ1v) is 8.75. The number of aromatic amines is 1.